The van der Waals surface area contributed by atoms with Gasteiger partial charge in [0.25, 0.3) is 0 Å². The summed E-state index contributed by atoms with van der Waals surface area (Å²) in [6.07, 6.45) is 2.50. The first-order chi connectivity index (χ1) is 11.4. The Bertz CT molecular complexity index is 1090. The minimum absolute atomic E-state index is 0.172. The Kier molecular flexibility index (Phi) is 3.91. The number of fused-ring (bicyclic) bond motifs is 1. The maximum Gasteiger partial charge on any atom is 0.230 e. The number of sulfone groups is 1. The van der Waals surface area contributed by atoms with E-state index >= 15 is 0 Å². The topological polar surface area (TPSA) is 92.9 Å². The summed E-state index contributed by atoms with van der Waals surface area (Å²) in [5.74, 6) is 0.803. The van der Waals surface area contributed by atoms with E-state index in [0.717, 1.165) is 11.8 Å². The molecule has 0 saturated carbocycles. The molecule has 1 heterocycles. The van der Waals surface area contributed by atoms with E-state index < -0.39 is 9.84 Å². The quantitative estimate of drug-likeness (QED) is 0.728. The highest BCUT2D eigenvalue weighted by atomic mass is 32.2. The zero-order valence-corrected chi connectivity index (χ0v) is 13.8. The lowest BCUT2D eigenvalue weighted by Crippen LogP contribution is -1.98. The van der Waals surface area contributed by atoms with Crippen LogP contribution in [0.5, 0.6) is 11.6 Å². The van der Waals surface area contributed by atoms with Gasteiger partial charge in [-0.25, -0.2) is 18.4 Å². The van der Waals surface area contributed by atoms with Crippen LogP contribution < -0.4 is 4.74 Å². The molecule has 0 aliphatic rings. The van der Waals surface area contributed by atoms with Crippen molar-refractivity contribution in [2.45, 2.75) is 11.8 Å². The van der Waals surface area contributed by atoms with Crippen molar-refractivity contribution < 1.29 is 13.2 Å². The summed E-state index contributed by atoms with van der Waals surface area (Å²) >= 11 is 0. The molecule has 24 heavy (non-hydrogen) atoms. The van der Waals surface area contributed by atoms with Crippen LogP contribution in [0.4, 0.5) is 0 Å². The summed E-state index contributed by atoms with van der Waals surface area (Å²) in [7, 11) is -3.35. The van der Waals surface area contributed by atoms with Gasteiger partial charge in [0.1, 0.15) is 12.1 Å². The van der Waals surface area contributed by atoms with E-state index in [9.17, 15) is 8.42 Å². The molecule has 0 fully saturated rings. The van der Waals surface area contributed by atoms with Crippen molar-refractivity contribution in [3.63, 3.8) is 0 Å². The SMILES string of the molecule is Cc1cc(C#N)ccc1Oc1ncnc2ccc(S(C)(=O)=O)cc12. The molecule has 0 spiro atoms. The molecule has 7 heteroatoms. The van der Waals surface area contributed by atoms with Crippen molar-refractivity contribution in [2.75, 3.05) is 6.26 Å². The molecule has 3 rings (SSSR count). The minimum atomic E-state index is -3.35. The number of rotatable bonds is 3. The molecule has 2 aromatic carbocycles. The third-order valence-corrected chi connectivity index (χ3v) is 4.62. The van der Waals surface area contributed by atoms with Gasteiger partial charge in [-0.1, -0.05) is 0 Å². The number of nitriles is 1. The Morgan fingerprint density at radius 3 is 2.58 bits per heavy atom. The van der Waals surface area contributed by atoms with Gasteiger partial charge in [-0.05, 0) is 48.9 Å². The van der Waals surface area contributed by atoms with E-state index in [0.29, 0.717) is 22.2 Å². The summed E-state index contributed by atoms with van der Waals surface area (Å²) in [6, 6.07) is 11.7. The van der Waals surface area contributed by atoms with Crippen LogP contribution >= 0.6 is 0 Å². The number of ether oxygens (including phenoxy) is 1. The van der Waals surface area contributed by atoms with Gasteiger partial charge in [-0.15, -0.1) is 0 Å². The summed E-state index contributed by atoms with van der Waals surface area (Å²) in [5, 5.41) is 9.43. The second kappa shape index (κ2) is 5.91. The van der Waals surface area contributed by atoms with Crippen molar-refractivity contribution in [3.8, 4) is 17.7 Å². The largest absolute Gasteiger partial charge is 0.438 e. The number of nitrogens with zero attached hydrogens (tertiary/aromatic N) is 3. The lowest BCUT2D eigenvalue weighted by atomic mass is 10.1. The minimum Gasteiger partial charge on any atom is -0.438 e. The number of hydrogen-bond acceptors (Lipinski definition) is 6. The Morgan fingerprint density at radius 2 is 1.92 bits per heavy atom. The van der Waals surface area contributed by atoms with E-state index in [4.69, 9.17) is 10.00 Å². The summed E-state index contributed by atoms with van der Waals surface area (Å²) in [5.41, 5.74) is 1.89. The second-order valence-electron chi connectivity index (χ2n) is 5.32. The van der Waals surface area contributed by atoms with Gasteiger partial charge in [0.2, 0.25) is 5.88 Å². The van der Waals surface area contributed by atoms with E-state index in [2.05, 4.69) is 16.0 Å². The summed E-state index contributed by atoms with van der Waals surface area (Å²) in [4.78, 5) is 8.42. The molecule has 0 radical (unpaired) electrons. The van der Waals surface area contributed by atoms with Crippen molar-refractivity contribution >= 4 is 20.7 Å². The monoisotopic (exact) mass is 339 g/mol. The van der Waals surface area contributed by atoms with Crippen LogP contribution in [0.15, 0.2) is 47.6 Å². The van der Waals surface area contributed by atoms with Crippen LogP contribution in [0.25, 0.3) is 10.9 Å². The third kappa shape index (κ3) is 3.05. The van der Waals surface area contributed by atoms with Crippen molar-refractivity contribution in [1.82, 2.24) is 9.97 Å². The van der Waals surface area contributed by atoms with Crippen LogP contribution in [0.1, 0.15) is 11.1 Å². The Labute approximate surface area is 139 Å². The van der Waals surface area contributed by atoms with Gasteiger partial charge in [-0.2, -0.15) is 5.26 Å². The molecule has 0 N–H and O–H groups in total. The first kappa shape index (κ1) is 15.9. The fraction of sp³-hybridized carbons (Fsp3) is 0.118. The molecular weight excluding hydrogens is 326 g/mol. The average Bonchev–Trinajstić information content (AvgIpc) is 2.55. The highest BCUT2D eigenvalue weighted by Crippen LogP contribution is 2.30. The van der Waals surface area contributed by atoms with Gasteiger partial charge in [0, 0.05) is 6.26 Å². The van der Waals surface area contributed by atoms with Gasteiger partial charge >= 0.3 is 0 Å². The van der Waals surface area contributed by atoms with E-state index in [-0.39, 0.29) is 10.8 Å². The Morgan fingerprint density at radius 1 is 1.12 bits per heavy atom. The maximum absolute atomic E-state index is 11.8. The van der Waals surface area contributed by atoms with Crippen molar-refractivity contribution in [1.29, 1.82) is 5.26 Å². The predicted octanol–water partition coefficient (Wildman–Crippen LogP) is 3.01. The van der Waals surface area contributed by atoms with Crippen LogP contribution in [0, 0.1) is 18.3 Å². The Hall–Kier alpha value is -2.98. The first-order valence-corrected chi connectivity index (χ1v) is 8.91. The van der Waals surface area contributed by atoms with Crippen molar-refractivity contribution in [3.05, 3.63) is 53.9 Å². The van der Waals surface area contributed by atoms with Crippen LogP contribution in [-0.4, -0.2) is 24.6 Å². The smallest absolute Gasteiger partial charge is 0.230 e. The molecule has 120 valence electrons. The van der Waals surface area contributed by atoms with Gasteiger partial charge in [0.05, 0.1) is 27.4 Å². The van der Waals surface area contributed by atoms with Gasteiger partial charge in [0.15, 0.2) is 9.84 Å². The molecule has 6 nitrogen and oxygen atoms in total. The zero-order chi connectivity index (χ0) is 17.3. The molecular formula is C17H13N3O3S. The van der Waals surface area contributed by atoms with Crippen LogP contribution in [-0.2, 0) is 9.84 Å². The van der Waals surface area contributed by atoms with E-state index in [1.165, 1.54) is 18.5 Å². The van der Waals surface area contributed by atoms with E-state index in [1.807, 2.05) is 6.92 Å². The predicted molar refractivity (Wildman–Crippen MR) is 88.6 cm³/mol. The van der Waals surface area contributed by atoms with Crippen LogP contribution in [0.3, 0.4) is 0 Å². The first-order valence-electron chi connectivity index (χ1n) is 7.02. The molecule has 0 aliphatic carbocycles. The summed E-state index contributed by atoms with van der Waals surface area (Å²) in [6.45, 7) is 1.82. The fourth-order valence-electron chi connectivity index (χ4n) is 2.26. The number of hydrogen-bond donors (Lipinski definition) is 0. The van der Waals surface area contributed by atoms with Gasteiger partial charge < -0.3 is 4.74 Å². The average molecular weight is 339 g/mol. The number of aryl methyl sites for hydroxylation is 1. The van der Waals surface area contributed by atoms with Crippen LogP contribution in [0.2, 0.25) is 0 Å². The fourth-order valence-corrected chi connectivity index (χ4v) is 2.91. The zero-order valence-electron chi connectivity index (χ0n) is 13.0. The molecule has 0 atom stereocenters. The second-order valence-corrected chi connectivity index (χ2v) is 7.34. The Balaban J connectivity index is 2.11. The number of benzene rings is 2. The molecule has 0 bridgehead atoms. The number of aromatic nitrogens is 2. The van der Waals surface area contributed by atoms with Crippen molar-refractivity contribution in [2.24, 2.45) is 0 Å². The lowest BCUT2D eigenvalue weighted by molar-refractivity contribution is 0.464. The standard InChI is InChI=1S/C17H13N3O3S/c1-11-7-12(9-18)3-6-16(11)23-17-14-8-13(24(2,21)22)4-5-15(14)19-10-20-17/h3-8,10H,1-2H3. The molecule has 0 amide bonds. The molecule has 0 unspecified atom stereocenters. The molecule has 0 aliphatic heterocycles. The highest BCUT2D eigenvalue weighted by molar-refractivity contribution is 7.90. The lowest BCUT2D eigenvalue weighted by Gasteiger charge is -2.10. The highest BCUT2D eigenvalue weighted by Gasteiger charge is 2.13. The summed E-state index contributed by atoms with van der Waals surface area (Å²) < 4.78 is 29.4. The van der Waals surface area contributed by atoms with E-state index in [1.54, 1.807) is 24.3 Å². The molecule has 1 aromatic heterocycles. The molecule has 0 saturated heterocycles. The normalized spacial score (nSPS) is 11.2. The maximum atomic E-state index is 11.8. The molecule has 3 aromatic rings. The third-order valence-electron chi connectivity index (χ3n) is 3.51. The van der Waals surface area contributed by atoms with Gasteiger partial charge in [-0.3, -0.25) is 0 Å².